The van der Waals surface area contributed by atoms with Gasteiger partial charge in [0.25, 0.3) is 0 Å². The van der Waals surface area contributed by atoms with E-state index in [-0.39, 0.29) is 17.9 Å². The molecule has 4 atom stereocenters. The number of fused-ring (bicyclic) bond motifs is 2. The lowest BCUT2D eigenvalue weighted by molar-refractivity contribution is -0.127. The van der Waals surface area contributed by atoms with Gasteiger partial charge in [0.2, 0.25) is 5.91 Å². The standard InChI is InChI=1S/C19H29N3OS/c20-18-14-7-6-13(10-14)17(18)19(23)21-9-8-16-22-15(11-24-16)12-4-2-1-3-5-12/h11-14,17-18H,1-10,20H2,(H,21,23). The summed E-state index contributed by atoms with van der Waals surface area (Å²) in [6.07, 6.45) is 11.1. The third-order valence-electron chi connectivity index (χ3n) is 6.51. The minimum Gasteiger partial charge on any atom is -0.355 e. The SMILES string of the molecule is NC1C2CCC(C2)C1C(=O)NCCc1nc(C2CCCCC2)cs1. The lowest BCUT2D eigenvalue weighted by Crippen LogP contribution is -2.45. The van der Waals surface area contributed by atoms with Crippen LogP contribution in [0.4, 0.5) is 0 Å². The normalized spacial score (nSPS) is 33.0. The van der Waals surface area contributed by atoms with Crippen molar-refractivity contribution < 1.29 is 4.79 Å². The Morgan fingerprint density at radius 3 is 2.75 bits per heavy atom. The van der Waals surface area contributed by atoms with Crippen LogP contribution in [0.15, 0.2) is 5.38 Å². The van der Waals surface area contributed by atoms with Gasteiger partial charge < -0.3 is 11.1 Å². The summed E-state index contributed by atoms with van der Waals surface area (Å²) in [6, 6.07) is 0.0847. The minimum absolute atomic E-state index is 0.0536. The van der Waals surface area contributed by atoms with Gasteiger partial charge in [0.05, 0.1) is 16.6 Å². The molecule has 4 rings (SSSR count). The Hall–Kier alpha value is -0.940. The van der Waals surface area contributed by atoms with Crippen LogP contribution in [0.2, 0.25) is 0 Å². The van der Waals surface area contributed by atoms with E-state index in [1.54, 1.807) is 11.3 Å². The molecule has 0 saturated heterocycles. The number of nitrogens with zero attached hydrogens (tertiary/aromatic N) is 1. The summed E-state index contributed by atoms with van der Waals surface area (Å²) >= 11 is 1.75. The van der Waals surface area contributed by atoms with Gasteiger partial charge in [0, 0.05) is 30.3 Å². The molecule has 0 aliphatic heterocycles. The molecule has 4 unspecified atom stereocenters. The van der Waals surface area contributed by atoms with E-state index in [1.807, 2.05) is 0 Å². The summed E-state index contributed by atoms with van der Waals surface area (Å²) in [5, 5.41) is 6.52. The van der Waals surface area contributed by atoms with E-state index in [4.69, 9.17) is 10.7 Å². The number of amides is 1. The summed E-state index contributed by atoms with van der Waals surface area (Å²) < 4.78 is 0. The molecule has 0 spiro atoms. The first kappa shape index (κ1) is 16.5. The number of carbonyl (C=O) groups is 1. The molecule has 1 aromatic heterocycles. The summed E-state index contributed by atoms with van der Waals surface area (Å²) in [7, 11) is 0. The lowest BCUT2D eigenvalue weighted by atomic mass is 9.84. The number of aromatic nitrogens is 1. The Balaban J connectivity index is 1.25. The molecule has 3 saturated carbocycles. The highest BCUT2D eigenvalue weighted by Gasteiger charge is 2.48. The molecular formula is C19H29N3OS. The van der Waals surface area contributed by atoms with Crippen LogP contribution in [0, 0.1) is 17.8 Å². The fraction of sp³-hybridized carbons (Fsp3) is 0.789. The maximum atomic E-state index is 12.5. The van der Waals surface area contributed by atoms with Crippen molar-refractivity contribution in [2.45, 2.75) is 69.7 Å². The Morgan fingerprint density at radius 2 is 2.00 bits per heavy atom. The fourth-order valence-corrected chi connectivity index (χ4v) is 6.04. The zero-order chi connectivity index (χ0) is 16.5. The van der Waals surface area contributed by atoms with E-state index in [1.165, 1.54) is 50.6 Å². The second kappa shape index (κ2) is 7.12. The maximum Gasteiger partial charge on any atom is 0.224 e. The first-order chi connectivity index (χ1) is 11.7. The van der Waals surface area contributed by atoms with Gasteiger partial charge in [0.1, 0.15) is 0 Å². The molecule has 5 heteroatoms. The Morgan fingerprint density at radius 1 is 1.21 bits per heavy atom. The van der Waals surface area contributed by atoms with Crippen molar-refractivity contribution in [3.8, 4) is 0 Å². The van der Waals surface area contributed by atoms with Crippen LogP contribution in [0.1, 0.15) is 68.0 Å². The van der Waals surface area contributed by atoms with Crippen LogP contribution in [0.3, 0.4) is 0 Å². The molecule has 132 valence electrons. The van der Waals surface area contributed by atoms with Crippen LogP contribution < -0.4 is 11.1 Å². The first-order valence-electron chi connectivity index (χ1n) is 9.70. The quantitative estimate of drug-likeness (QED) is 0.859. The first-order valence-corrected chi connectivity index (χ1v) is 10.6. The second-order valence-electron chi connectivity index (χ2n) is 7.98. The van der Waals surface area contributed by atoms with Gasteiger partial charge in [0.15, 0.2) is 0 Å². The monoisotopic (exact) mass is 347 g/mol. The van der Waals surface area contributed by atoms with Crippen molar-refractivity contribution in [2.75, 3.05) is 6.54 Å². The fourth-order valence-electron chi connectivity index (χ4n) is 5.16. The van der Waals surface area contributed by atoms with Gasteiger partial charge in [-0.25, -0.2) is 4.98 Å². The van der Waals surface area contributed by atoms with Gasteiger partial charge in [-0.2, -0.15) is 0 Å². The van der Waals surface area contributed by atoms with E-state index in [2.05, 4.69) is 10.7 Å². The Labute approximate surface area is 148 Å². The molecule has 1 aromatic rings. The molecule has 24 heavy (non-hydrogen) atoms. The molecule has 0 aromatic carbocycles. The largest absolute Gasteiger partial charge is 0.355 e. The number of carbonyl (C=O) groups excluding carboxylic acids is 1. The molecule has 3 aliphatic rings. The topological polar surface area (TPSA) is 68.0 Å². The molecule has 3 aliphatic carbocycles. The number of nitrogens with two attached hydrogens (primary N) is 1. The van der Waals surface area contributed by atoms with Crippen molar-refractivity contribution in [3.63, 3.8) is 0 Å². The summed E-state index contributed by atoms with van der Waals surface area (Å²) in [5.74, 6) is 2.02. The Kier molecular flexibility index (Phi) is 4.90. The summed E-state index contributed by atoms with van der Waals surface area (Å²) in [6.45, 7) is 0.692. The number of nitrogens with one attached hydrogen (secondary N) is 1. The highest BCUT2D eigenvalue weighted by molar-refractivity contribution is 7.09. The predicted molar refractivity (Wildman–Crippen MR) is 97.0 cm³/mol. The number of thiazole rings is 1. The molecule has 3 N–H and O–H groups in total. The van der Waals surface area contributed by atoms with E-state index in [0.29, 0.717) is 24.3 Å². The number of hydrogen-bond donors (Lipinski definition) is 2. The predicted octanol–water partition coefficient (Wildman–Crippen LogP) is 3.22. The number of rotatable bonds is 5. The lowest BCUT2D eigenvalue weighted by Gasteiger charge is -2.26. The minimum atomic E-state index is 0.0536. The van der Waals surface area contributed by atoms with Crippen molar-refractivity contribution in [3.05, 3.63) is 16.1 Å². The molecular weight excluding hydrogens is 318 g/mol. The van der Waals surface area contributed by atoms with Crippen LogP contribution in [-0.2, 0) is 11.2 Å². The molecule has 1 heterocycles. The third-order valence-corrected chi connectivity index (χ3v) is 7.44. The molecule has 2 bridgehead atoms. The van der Waals surface area contributed by atoms with E-state index in [0.717, 1.165) is 17.8 Å². The molecule has 4 nitrogen and oxygen atoms in total. The third kappa shape index (κ3) is 3.25. The number of hydrogen-bond acceptors (Lipinski definition) is 4. The zero-order valence-electron chi connectivity index (χ0n) is 14.4. The molecule has 3 fully saturated rings. The van der Waals surface area contributed by atoms with Crippen molar-refractivity contribution in [1.82, 2.24) is 10.3 Å². The zero-order valence-corrected chi connectivity index (χ0v) is 15.2. The van der Waals surface area contributed by atoms with Gasteiger partial charge in [-0.05, 0) is 43.9 Å². The van der Waals surface area contributed by atoms with Crippen LogP contribution >= 0.6 is 11.3 Å². The van der Waals surface area contributed by atoms with Gasteiger partial charge in [-0.1, -0.05) is 19.3 Å². The van der Waals surface area contributed by atoms with Gasteiger partial charge in [-0.15, -0.1) is 11.3 Å². The van der Waals surface area contributed by atoms with Crippen LogP contribution in [-0.4, -0.2) is 23.5 Å². The summed E-state index contributed by atoms with van der Waals surface area (Å²) in [4.78, 5) is 17.3. The van der Waals surface area contributed by atoms with Crippen molar-refractivity contribution in [1.29, 1.82) is 0 Å². The Bertz CT molecular complexity index is 579. The maximum absolute atomic E-state index is 12.5. The van der Waals surface area contributed by atoms with Crippen molar-refractivity contribution >= 4 is 17.2 Å². The van der Waals surface area contributed by atoms with E-state index < -0.39 is 0 Å². The molecule has 1 amide bonds. The van der Waals surface area contributed by atoms with Gasteiger partial charge >= 0.3 is 0 Å². The van der Waals surface area contributed by atoms with Crippen LogP contribution in [0.25, 0.3) is 0 Å². The van der Waals surface area contributed by atoms with Gasteiger partial charge in [-0.3, -0.25) is 4.79 Å². The van der Waals surface area contributed by atoms with Crippen LogP contribution in [0.5, 0.6) is 0 Å². The average molecular weight is 348 g/mol. The van der Waals surface area contributed by atoms with Crippen molar-refractivity contribution in [2.24, 2.45) is 23.5 Å². The van der Waals surface area contributed by atoms with E-state index in [9.17, 15) is 4.79 Å². The average Bonchev–Trinajstić information content (AvgIpc) is 3.31. The highest BCUT2D eigenvalue weighted by atomic mass is 32.1. The smallest absolute Gasteiger partial charge is 0.224 e. The molecule has 0 radical (unpaired) electrons. The summed E-state index contributed by atoms with van der Waals surface area (Å²) in [5.41, 5.74) is 7.55. The second-order valence-corrected chi connectivity index (χ2v) is 8.92. The van der Waals surface area contributed by atoms with E-state index >= 15 is 0 Å². The highest BCUT2D eigenvalue weighted by Crippen LogP contribution is 2.47.